The van der Waals surface area contributed by atoms with Gasteiger partial charge in [-0.2, -0.15) is 0 Å². The van der Waals surface area contributed by atoms with Crippen LogP contribution in [0, 0.1) is 0 Å². The maximum atomic E-state index is 12.3. The van der Waals surface area contributed by atoms with Gasteiger partial charge in [0.15, 0.2) is 11.5 Å². The number of methoxy groups -OCH3 is 2. The largest absolute Gasteiger partial charge is 0.493 e. The lowest BCUT2D eigenvalue weighted by molar-refractivity contribution is -0.130. The van der Waals surface area contributed by atoms with Crippen LogP contribution in [0.1, 0.15) is 32.1 Å². The summed E-state index contributed by atoms with van der Waals surface area (Å²) < 4.78 is 16.2. The smallest absolute Gasteiger partial charge is 0.276 e. The molecule has 0 unspecified atom stereocenters. The Bertz CT molecular complexity index is 757. The lowest BCUT2D eigenvalue weighted by Crippen LogP contribution is -2.31. The molecule has 2 aromatic rings. The van der Waals surface area contributed by atoms with Crippen LogP contribution in [0.25, 0.3) is 11.5 Å². The van der Waals surface area contributed by atoms with Crippen molar-refractivity contribution in [3.8, 4) is 23.0 Å². The van der Waals surface area contributed by atoms with Crippen LogP contribution in [-0.2, 0) is 4.79 Å². The molecule has 1 aliphatic rings. The summed E-state index contributed by atoms with van der Waals surface area (Å²) in [6.07, 6.45) is 5.14. The van der Waals surface area contributed by atoms with Gasteiger partial charge < -0.3 is 18.8 Å². The van der Waals surface area contributed by atoms with Gasteiger partial charge in [-0.15, -0.1) is 10.2 Å². The van der Waals surface area contributed by atoms with E-state index in [1.165, 1.54) is 24.6 Å². The highest BCUT2D eigenvalue weighted by atomic mass is 32.2. The highest BCUT2D eigenvalue weighted by Gasteiger charge is 2.16. The van der Waals surface area contributed by atoms with E-state index in [-0.39, 0.29) is 5.91 Å². The van der Waals surface area contributed by atoms with Crippen molar-refractivity contribution in [3.05, 3.63) is 18.2 Å². The van der Waals surface area contributed by atoms with Crippen molar-refractivity contribution < 1.29 is 18.7 Å². The zero-order chi connectivity index (χ0) is 19.1. The number of rotatable bonds is 7. The summed E-state index contributed by atoms with van der Waals surface area (Å²) in [5.41, 5.74) is 0.757. The van der Waals surface area contributed by atoms with E-state index >= 15 is 0 Å². The third kappa shape index (κ3) is 5.15. The SMILES string of the molecule is COc1ccc(-c2nnc(SCCC(=O)N3CCCCCC3)o2)cc1OC. The molecule has 1 aromatic heterocycles. The van der Waals surface area contributed by atoms with Gasteiger partial charge >= 0.3 is 0 Å². The van der Waals surface area contributed by atoms with Crippen LogP contribution in [0.3, 0.4) is 0 Å². The molecule has 3 rings (SSSR count). The van der Waals surface area contributed by atoms with E-state index in [1.54, 1.807) is 26.4 Å². The molecule has 0 atom stereocenters. The van der Waals surface area contributed by atoms with Crippen LogP contribution >= 0.6 is 11.8 Å². The molecule has 0 spiro atoms. The van der Waals surface area contributed by atoms with Gasteiger partial charge in [-0.25, -0.2) is 0 Å². The molecule has 1 fully saturated rings. The molecule has 8 heteroatoms. The molecule has 1 aliphatic heterocycles. The zero-order valence-electron chi connectivity index (χ0n) is 15.8. The van der Waals surface area contributed by atoms with Crippen LogP contribution in [0.15, 0.2) is 27.8 Å². The fourth-order valence-electron chi connectivity index (χ4n) is 3.06. The first-order valence-corrected chi connectivity index (χ1v) is 10.2. The molecule has 0 aliphatic carbocycles. The summed E-state index contributed by atoms with van der Waals surface area (Å²) in [7, 11) is 3.17. The van der Waals surface area contributed by atoms with E-state index in [9.17, 15) is 4.79 Å². The number of ether oxygens (including phenoxy) is 2. The summed E-state index contributed by atoms with van der Waals surface area (Å²) in [6.45, 7) is 1.76. The average Bonchev–Trinajstić information content (AvgIpc) is 2.99. The standard InChI is InChI=1S/C19H25N3O4S/c1-24-15-8-7-14(13-16(15)25-2)18-20-21-19(26-18)27-12-9-17(23)22-10-5-3-4-6-11-22/h7-8,13H,3-6,9-12H2,1-2H3. The Balaban J connectivity index is 1.54. The third-order valence-electron chi connectivity index (χ3n) is 4.54. The predicted octanol–water partition coefficient (Wildman–Crippen LogP) is 3.64. The minimum atomic E-state index is 0.212. The zero-order valence-corrected chi connectivity index (χ0v) is 16.6. The number of hydrogen-bond acceptors (Lipinski definition) is 7. The quantitative estimate of drug-likeness (QED) is 0.667. The number of nitrogens with zero attached hydrogens (tertiary/aromatic N) is 3. The van der Waals surface area contributed by atoms with Crippen LogP contribution in [0.2, 0.25) is 0 Å². The second kappa shape index (κ2) is 9.64. The molecular weight excluding hydrogens is 366 g/mol. The highest BCUT2D eigenvalue weighted by Crippen LogP contribution is 2.32. The van der Waals surface area contributed by atoms with Gasteiger partial charge in [0.2, 0.25) is 11.8 Å². The van der Waals surface area contributed by atoms with E-state index in [4.69, 9.17) is 13.9 Å². The maximum Gasteiger partial charge on any atom is 0.276 e. The summed E-state index contributed by atoms with van der Waals surface area (Å²) in [6, 6.07) is 5.43. The summed E-state index contributed by atoms with van der Waals surface area (Å²) >= 11 is 1.41. The minimum absolute atomic E-state index is 0.212. The van der Waals surface area contributed by atoms with E-state index in [0.29, 0.717) is 34.8 Å². The monoisotopic (exact) mass is 391 g/mol. The number of benzene rings is 1. The van der Waals surface area contributed by atoms with Gasteiger partial charge in [0, 0.05) is 30.8 Å². The summed E-state index contributed by atoms with van der Waals surface area (Å²) in [4.78, 5) is 14.3. The van der Waals surface area contributed by atoms with Crippen molar-refractivity contribution >= 4 is 17.7 Å². The van der Waals surface area contributed by atoms with Gasteiger partial charge in [-0.1, -0.05) is 24.6 Å². The number of carbonyl (C=O) groups is 1. The van der Waals surface area contributed by atoms with Crippen LogP contribution in [0.5, 0.6) is 11.5 Å². The molecule has 0 bridgehead atoms. The Labute approximate surface area is 163 Å². The molecular formula is C19H25N3O4S. The molecule has 1 aromatic carbocycles. The molecule has 2 heterocycles. The van der Waals surface area contributed by atoms with Crippen LogP contribution in [0.4, 0.5) is 0 Å². The molecule has 1 saturated heterocycles. The normalized spacial score (nSPS) is 14.7. The minimum Gasteiger partial charge on any atom is -0.493 e. The van der Waals surface area contributed by atoms with Crippen LogP contribution < -0.4 is 9.47 Å². The van der Waals surface area contributed by atoms with Crippen molar-refractivity contribution in [1.29, 1.82) is 0 Å². The van der Waals surface area contributed by atoms with Crippen LogP contribution in [-0.4, -0.2) is 54.1 Å². The third-order valence-corrected chi connectivity index (χ3v) is 5.36. The molecule has 0 N–H and O–H groups in total. The van der Waals surface area contributed by atoms with Gasteiger partial charge in [0.25, 0.3) is 5.22 Å². The Morgan fingerprint density at radius 2 is 1.85 bits per heavy atom. The Morgan fingerprint density at radius 1 is 1.11 bits per heavy atom. The first-order chi connectivity index (χ1) is 13.2. The lowest BCUT2D eigenvalue weighted by Gasteiger charge is -2.19. The average molecular weight is 391 g/mol. The molecule has 1 amide bonds. The fraction of sp³-hybridized carbons (Fsp3) is 0.526. The summed E-state index contributed by atoms with van der Waals surface area (Å²) in [5, 5.41) is 8.61. The molecule has 27 heavy (non-hydrogen) atoms. The van der Waals surface area contributed by atoms with Crippen molar-refractivity contribution in [1.82, 2.24) is 15.1 Å². The lowest BCUT2D eigenvalue weighted by atomic mass is 10.2. The van der Waals surface area contributed by atoms with Crippen molar-refractivity contribution in [2.75, 3.05) is 33.1 Å². The first-order valence-electron chi connectivity index (χ1n) is 9.17. The van der Waals surface area contributed by atoms with Gasteiger partial charge in [-0.3, -0.25) is 4.79 Å². The fourth-order valence-corrected chi connectivity index (χ4v) is 3.75. The molecule has 0 saturated carbocycles. The van der Waals surface area contributed by atoms with Gasteiger partial charge in [0.05, 0.1) is 14.2 Å². The number of amides is 1. The second-order valence-corrected chi connectivity index (χ2v) is 7.38. The van der Waals surface area contributed by atoms with Crippen molar-refractivity contribution in [2.45, 2.75) is 37.3 Å². The Kier molecular flexibility index (Phi) is 6.98. The van der Waals surface area contributed by atoms with E-state index in [1.807, 2.05) is 11.0 Å². The van der Waals surface area contributed by atoms with E-state index < -0.39 is 0 Å². The predicted molar refractivity (Wildman–Crippen MR) is 103 cm³/mol. The number of thioether (sulfide) groups is 1. The first kappa shape index (κ1) is 19.5. The Morgan fingerprint density at radius 3 is 2.56 bits per heavy atom. The van der Waals surface area contributed by atoms with E-state index in [0.717, 1.165) is 31.5 Å². The van der Waals surface area contributed by atoms with E-state index in [2.05, 4.69) is 10.2 Å². The molecule has 7 nitrogen and oxygen atoms in total. The number of hydrogen-bond donors (Lipinski definition) is 0. The van der Waals surface area contributed by atoms with Crippen molar-refractivity contribution in [3.63, 3.8) is 0 Å². The van der Waals surface area contributed by atoms with Gasteiger partial charge in [0.1, 0.15) is 0 Å². The van der Waals surface area contributed by atoms with Gasteiger partial charge in [-0.05, 0) is 31.0 Å². The molecule has 0 radical (unpaired) electrons. The highest BCUT2D eigenvalue weighted by molar-refractivity contribution is 7.99. The maximum absolute atomic E-state index is 12.3. The Hall–Kier alpha value is -2.22. The van der Waals surface area contributed by atoms with Crippen molar-refractivity contribution in [2.24, 2.45) is 0 Å². The number of aromatic nitrogens is 2. The summed E-state index contributed by atoms with van der Waals surface area (Å²) in [5.74, 6) is 2.50. The molecule has 146 valence electrons. The second-order valence-electron chi connectivity index (χ2n) is 6.34. The number of carbonyl (C=O) groups excluding carboxylic acids is 1. The number of likely N-dealkylation sites (tertiary alicyclic amines) is 1. The topological polar surface area (TPSA) is 77.7 Å².